The first-order valence-corrected chi connectivity index (χ1v) is 6.40. The van der Waals surface area contributed by atoms with Crippen LogP contribution in [0.4, 0.5) is 0 Å². The maximum atomic E-state index is 7.28. The third kappa shape index (κ3) is 4.22. The number of nitrogens with two attached hydrogens (primary N) is 1. The molecule has 82 valence electrons. The van der Waals surface area contributed by atoms with Crippen LogP contribution in [0, 0.1) is 5.41 Å². The van der Waals surface area contributed by atoms with Gasteiger partial charge < -0.3 is 5.73 Å². The van der Waals surface area contributed by atoms with E-state index >= 15 is 0 Å². The lowest BCUT2D eigenvalue weighted by molar-refractivity contribution is 0.845. The molecule has 5 heteroatoms. The van der Waals surface area contributed by atoms with Crippen LogP contribution in [0.2, 0.25) is 0 Å². The van der Waals surface area contributed by atoms with Gasteiger partial charge in [0.05, 0.1) is 5.84 Å². The number of pyridine rings is 1. The molecule has 1 aromatic rings. The van der Waals surface area contributed by atoms with Crippen LogP contribution in [0.1, 0.15) is 19.8 Å². The van der Waals surface area contributed by atoms with Crippen LogP contribution < -0.4 is 5.73 Å². The van der Waals surface area contributed by atoms with E-state index in [4.69, 9.17) is 11.1 Å². The SMILES string of the molecule is CCC(CC(=N)N)Sc1ncccc1Br. The summed E-state index contributed by atoms with van der Waals surface area (Å²) in [4.78, 5) is 4.28. The summed E-state index contributed by atoms with van der Waals surface area (Å²) in [6, 6.07) is 3.86. The van der Waals surface area contributed by atoms with Crippen molar-refractivity contribution in [1.82, 2.24) is 4.98 Å². The molecule has 0 aliphatic rings. The molecule has 1 heterocycles. The molecule has 1 aromatic heterocycles. The molecular weight excluding hydrogens is 274 g/mol. The van der Waals surface area contributed by atoms with Crippen LogP contribution in [-0.2, 0) is 0 Å². The standard InChI is InChI=1S/C10H14BrN3S/c1-2-7(6-9(12)13)15-10-8(11)4-3-5-14-10/h3-5,7H,2,6H2,1H3,(H3,12,13). The first-order valence-electron chi connectivity index (χ1n) is 4.73. The van der Waals surface area contributed by atoms with E-state index in [-0.39, 0.29) is 5.84 Å². The molecule has 1 rings (SSSR count). The van der Waals surface area contributed by atoms with Gasteiger partial charge in [0.25, 0.3) is 0 Å². The van der Waals surface area contributed by atoms with Crippen LogP contribution >= 0.6 is 27.7 Å². The third-order valence-corrected chi connectivity index (χ3v) is 4.19. The molecule has 0 aliphatic carbocycles. The number of thioether (sulfide) groups is 1. The van der Waals surface area contributed by atoms with E-state index in [1.807, 2.05) is 12.1 Å². The quantitative estimate of drug-likeness (QED) is 0.497. The lowest BCUT2D eigenvalue weighted by Gasteiger charge is -2.13. The van der Waals surface area contributed by atoms with Crippen molar-refractivity contribution in [3.63, 3.8) is 0 Å². The van der Waals surface area contributed by atoms with E-state index in [1.54, 1.807) is 18.0 Å². The molecule has 1 unspecified atom stereocenters. The second kappa shape index (κ2) is 6.12. The Labute approximate surface area is 102 Å². The Hall–Kier alpha value is -0.550. The molecule has 3 N–H and O–H groups in total. The highest BCUT2D eigenvalue weighted by atomic mass is 79.9. The summed E-state index contributed by atoms with van der Waals surface area (Å²) in [5.41, 5.74) is 5.40. The average molecular weight is 288 g/mol. The summed E-state index contributed by atoms with van der Waals surface area (Å²) in [5.74, 6) is 0.237. The Kier molecular flexibility index (Phi) is 5.11. The molecule has 0 aliphatic heterocycles. The third-order valence-electron chi connectivity index (χ3n) is 1.91. The molecule has 1 atom stereocenters. The summed E-state index contributed by atoms with van der Waals surface area (Å²) in [5, 5.41) is 8.57. The van der Waals surface area contributed by atoms with Crippen LogP contribution in [0.5, 0.6) is 0 Å². The van der Waals surface area contributed by atoms with Crippen molar-refractivity contribution in [2.75, 3.05) is 0 Å². The maximum Gasteiger partial charge on any atom is 0.110 e. The van der Waals surface area contributed by atoms with Crippen molar-refractivity contribution < 1.29 is 0 Å². The van der Waals surface area contributed by atoms with Crippen molar-refractivity contribution in [2.45, 2.75) is 30.0 Å². The lowest BCUT2D eigenvalue weighted by Crippen LogP contribution is -2.16. The van der Waals surface area contributed by atoms with E-state index in [2.05, 4.69) is 27.8 Å². The zero-order valence-electron chi connectivity index (χ0n) is 8.53. The fourth-order valence-corrected chi connectivity index (χ4v) is 2.71. The van der Waals surface area contributed by atoms with Gasteiger partial charge in [0, 0.05) is 22.3 Å². The minimum atomic E-state index is 0.237. The first-order chi connectivity index (χ1) is 7.13. The summed E-state index contributed by atoms with van der Waals surface area (Å²) >= 11 is 5.12. The number of nitrogens with one attached hydrogen (secondary N) is 1. The molecule has 0 spiro atoms. The molecule has 0 aromatic carbocycles. The number of halogens is 1. The van der Waals surface area contributed by atoms with Gasteiger partial charge in [-0.3, -0.25) is 5.41 Å². The van der Waals surface area contributed by atoms with Gasteiger partial charge in [0.15, 0.2) is 0 Å². The highest BCUT2D eigenvalue weighted by Gasteiger charge is 2.12. The van der Waals surface area contributed by atoms with E-state index < -0.39 is 0 Å². The van der Waals surface area contributed by atoms with Crippen LogP contribution in [0.25, 0.3) is 0 Å². The van der Waals surface area contributed by atoms with Gasteiger partial charge in [-0.05, 0) is 34.5 Å². The smallest absolute Gasteiger partial charge is 0.110 e. The number of amidine groups is 1. The molecule has 3 nitrogen and oxygen atoms in total. The Bertz CT molecular complexity index is 343. The summed E-state index contributed by atoms with van der Waals surface area (Å²) < 4.78 is 0.997. The highest BCUT2D eigenvalue weighted by Crippen LogP contribution is 2.30. The molecule has 0 saturated carbocycles. The Morgan fingerprint density at radius 2 is 2.47 bits per heavy atom. The zero-order valence-corrected chi connectivity index (χ0v) is 10.9. The van der Waals surface area contributed by atoms with E-state index in [0.717, 1.165) is 15.9 Å². The summed E-state index contributed by atoms with van der Waals surface area (Å²) in [6.45, 7) is 2.09. The van der Waals surface area contributed by atoms with Crippen LogP contribution in [0.15, 0.2) is 27.8 Å². The van der Waals surface area contributed by atoms with E-state index in [9.17, 15) is 0 Å². The predicted octanol–water partition coefficient (Wildman–Crippen LogP) is 3.04. The Morgan fingerprint density at radius 3 is 3.00 bits per heavy atom. The van der Waals surface area contributed by atoms with Crippen molar-refractivity contribution in [3.8, 4) is 0 Å². The number of hydrogen-bond acceptors (Lipinski definition) is 3. The molecular formula is C10H14BrN3S. The molecule has 15 heavy (non-hydrogen) atoms. The van der Waals surface area contributed by atoms with E-state index in [0.29, 0.717) is 11.7 Å². The van der Waals surface area contributed by atoms with Crippen molar-refractivity contribution in [2.24, 2.45) is 5.73 Å². The minimum absolute atomic E-state index is 0.237. The Balaban J connectivity index is 2.66. The van der Waals surface area contributed by atoms with Gasteiger partial charge in [-0.1, -0.05) is 6.92 Å². The number of hydrogen-bond donors (Lipinski definition) is 2. The molecule has 0 amide bonds. The number of aromatic nitrogens is 1. The zero-order chi connectivity index (χ0) is 11.3. The maximum absolute atomic E-state index is 7.28. The summed E-state index contributed by atoms with van der Waals surface area (Å²) in [7, 11) is 0. The normalized spacial score (nSPS) is 12.4. The van der Waals surface area contributed by atoms with Gasteiger partial charge in [-0.25, -0.2) is 4.98 Å². The van der Waals surface area contributed by atoms with Gasteiger partial charge in [0.2, 0.25) is 0 Å². The molecule has 0 fully saturated rings. The fourth-order valence-electron chi connectivity index (χ4n) is 1.13. The molecule has 0 radical (unpaired) electrons. The van der Waals surface area contributed by atoms with Gasteiger partial charge in [-0.15, -0.1) is 11.8 Å². The fraction of sp³-hybridized carbons (Fsp3) is 0.400. The Morgan fingerprint density at radius 1 is 1.73 bits per heavy atom. The second-order valence-corrected chi connectivity index (χ2v) is 5.31. The van der Waals surface area contributed by atoms with E-state index in [1.165, 1.54) is 0 Å². The highest BCUT2D eigenvalue weighted by molar-refractivity contribution is 9.10. The predicted molar refractivity (Wildman–Crippen MR) is 68.4 cm³/mol. The van der Waals surface area contributed by atoms with Crippen molar-refractivity contribution >= 4 is 33.5 Å². The topological polar surface area (TPSA) is 62.8 Å². The largest absolute Gasteiger partial charge is 0.388 e. The van der Waals surface area contributed by atoms with Crippen molar-refractivity contribution in [3.05, 3.63) is 22.8 Å². The lowest BCUT2D eigenvalue weighted by atomic mass is 10.2. The van der Waals surface area contributed by atoms with Crippen LogP contribution in [0.3, 0.4) is 0 Å². The summed E-state index contributed by atoms with van der Waals surface area (Å²) in [6.07, 6.45) is 3.37. The minimum Gasteiger partial charge on any atom is -0.388 e. The van der Waals surface area contributed by atoms with Gasteiger partial charge >= 0.3 is 0 Å². The number of rotatable bonds is 5. The molecule has 0 saturated heterocycles. The average Bonchev–Trinajstić information content (AvgIpc) is 2.19. The molecule has 0 bridgehead atoms. The van der Waals surface area contributed by atoms with Gasteiger partial charge in [0.1, 0.15) is 5.03 Å². The van der Waals surface area contributed by atoms with Crippen molar-refractivity contribution in [1.29, 1.82) is 5.41 Å². The second-order valence-electron chi connectivity index (χ2n) is 3.17. The van der Waals surface area contributed by atoms with Crippen LogP contribution in [-0.4, -0.2) is 16.1 Å². The number of nitrogens with zero attached hydrogens (tertiary/aromatic N) is 1. The monoisotopic (exact) mass is 287 g/mol. The van der Waals surface area contributed by atoms with Gasteiger partial charge in [-0.2, -0.15) is 0 Å². The first kappa shape index (κ1) is 12.5.